The zero-order valence-electron chi connectivity index (χ0n) is 14.2. The highest BCUT2D eigenvalue weighted by Crippen LogP contribution is 2.14. The van der Waals surface area contributed by atoms with Crippen LogP contribution in [0.15, 0.2) is 48.9 Å². The fourth-order valence-electron chi connectivity index (χ4n) is 2.90. The highest BCUT2D eigenvalue weighted by Gasteiger charge is 2.23. The van der Waals surface area contributed by atoms with Crippen molar-refractivity contribution in [2.45, 2.75) is 12.8 Å². The van der Waals surface area contributed by atoms with Gasteiger partial charge in [0, 0.05) is 30.9 Å². The number of rotatable bonds is 6. The lowest BCUT2D eigenvalue weighted by molar-refractivity contribution is -0.132. The maximum Gasteiger partial charge on any atom is 0.226 e. The Balaban J connectivity index is 1.49. The maximum atomic E-state index is 12.5. The van der Waals surface area contributed by atoms with E-state index in [-0.39, 0.29) is 11.8 Å². The molecule has 1 fully saturated rings. The van der Waals surface area contributed by atoms with E-state index in [9.17, 15) is 4.79 Å². The van der Waals surface area contributed by atoms with Crippen LogP contribution in [0.4, 0.5) is 0 Å². The van der Waals surface area contributed by atoms with E-state index < -0.39 is 0 Å². The van der Waals surface area contributed by atoms with Gasteiger partial charge in [0.05, 0.1) is 26.2 Å². The molecule has 0 radical (unpaired) electrons. The van der Waals surface area contributed by atoms with Crippen molar-refractivity contribution in [3.8, 4) is 5.75 Å². The number of carbonyl (C=O) groups is 1. The van der Waals surface area contributed by atoms with E-state index in [2.05, 4.69) is 9.97 Å². The molecule has 0 saturated carbocycles. The molecule has 1 amide bonds. The molecule has 1 atom stereocenters. The van der Waals surface area contributed by atoms with Gasteiger partial charge in [0.1, 0.15) is 12.1 Å². The second kappa shape index (κ2) is 9.13. The van der Waals surface area contributed by atoms with Crippen LogP contribution in [0.3, 0.4) is 0 Å². The van der Waals surface area contributed by atoms with E-state index in [1.807, 2.05) is 41.3 Å². The van der Waals surface area contributed by atoms with Gasteiger partial charge in [-0.15, -0.1) is 0 Å². The first-order chi connectivity index (χ1) is 12.3. The topological polar surface area (TPSA) is 64.5 Å². The van der Waals surface area contributed by atoms with E-state index in [1.54, 1.807) is 12.5 Å². The smallest absolute Gasteiger partial charge is 0.226 e. The quantitative estimate of drug-likeness (QED) is 0.804. The standard InChI is InChI=1S/C19H23N3O3/c23-19(7-10-25-18-4-2-1-3-5-18)22-9-11-24-14-16(13-22)12-17-6-8-20-15-21-17/h1-6,8,15-16H,7,9-14H2. The number of ether oxygens (including phenoxy) is 2. The molecule has 2 aromatic rings. The second-order valence-electron chi connectivity index (χ2n) is 6.10. The lowest BCUT2D eigenvalue weighted by Crippen LogP contribution is -2.37. The van der Waals surface area contributed by atoms with E-state index in [1.165, 1.54) is 0 Å². The van der Waals surface area contributed by atoms with Gasteiger partial charge in [-0.05, 0) is 24.6 Å². The van der Waals surface area contributed by atoms with Gasteiger partial charge < -0.3 is 14.4 Å². The van der Waals surface area contributed by atoms with Gasteiger partial charge in [-0.1, -0.05) is 18.2 Å². The SMILES string of the molecule is O=C(CCOc1ccccc1)N1CCOCC(Cc2ccncn2)C1. The molecule has 6 nitrogen and oxygen atoms in total. The highest BCUT2D eigenvalue weighted by atomic mass is 16.5. The molecular formula is C19H23N3O3. The molecule has 1 saturated heterocycles. The Labute approximate surface area is 147 Å². The van der Waals surface area contributed by atoms with Crippen LogP contribution in [0.2, 0.25) is 0 Å². The van der Waals surface area contributed by atoms with Crippen molar-refractivity contribution in [1.29, 1.82) is 0 Å². The van der Waals surface area contributed by atoms with Gasteiger partial charge in [0.2, 0.25) is 5.91 Å². The number of aromatic nitrogens is 2. The van der Waals surface area contributed by atoms with Crippen LogP contribution in [0, 0.1) is 5.92 Å². The molecule has 1 aromatic heterocycles. The third-order valence-electron chi connectivity index (χ3n) is 4.16. The number of para-hydroxylation sites is 1. The lowest BCUT2D eigenvalue weighted by atomic mass is 10.0. The molecule has 0 bridgehead atoms. The summed E-state index contributed by atoms with van der Waals surface area (Å²) in [5, 5.41) is 0. The van der Waals surface area contributed by atoms with Crippen molar-refractivity contribution in [2.24, 2.45) is 5.92 Å². The highest BCUT2D eigenvalue weighted by molar-refractivity contribution is 5.76. The van der Waals surface area contributed by atoms with Crippen LogP contribution in [0.1, 0.15) is 12.1 Å². The summed E-state index contributed by atoms with van der Waals surface area (Å²) in [5.41, 5.74) is 0.977. The normalized spacial score (nSPS) is 17.8. The van der Waals surface area contributed by atoms with E-state index in [4.69, 9.17) is 9.47 Å². The monoisotopic (exact) mass is 341 g/mol. The average Bonchev–Trinajstić information content (AvgIpc) is 2.89. The van der Waals surface area contributed by atoms with E-state index in [0.29, 0.717) is 39.3 Å². The van der Waals surface area contributed by atoms with Gasteiger partial charge in [-0.3, -0.25) is 4.79 Å². The minimum atomic E-state index is 0.106. The number of hydrogen-bond acceptors (Lipinski definition) is 5. The molecular weight excluding hydrogens is 318 g/mol. The third kappa shape index (κ3) is 5.53. The van der Waals surface area contributed by atoms with Gasteiger partial charge in [-0.25, -0.2) is 9.97 Å². The summed E-state index contributed by atoms with van der Waals surface area (Å²) in [5.74, 6) is 1.14. The number of benzene rings is 1. The van der Waals surface area contributed by atoms with Crippen LogP contribution in [0.25, 0.3) is 0 Å². The summed E-state index contributed by atoms with van der Waals surface area (Å²) in [6.07, 6.45) is 4.45. The first-order valence-electron chi connectivity index (χ1n) is 8.59. The lowest BCUT2D eigenvalue weighted by Gasteiger charge is -2.23. The second-order valence-corrected chi connectivity index (χ2v) is 6.10. The number of hydrogen-bond donors (Lipinski definition) is 0. The van der Waals surface area contributed by atoms with Crippen molar-refractivity contribution in [3.63, 3.8) is 0 Å². The Morgan fingerprint density at radius 3 is 2.96 bits per heavy atom. The summed E-state index contributed by atoms with van der Waals surface area (Å²) in [7, 11) is 0. The summed E-state index contributed by atoms with van der Waals surface area (Å²) in [4.78, 5) is 22.6. The van der Waals surface area contributed by atoms with Gasteiger partial charge >= 0.3 is 0 Å². The summed E-state index contributed by atoms with van der Waals surface area (Å²) < 4.78 is 11.3. The number of nitrogens with zero attached hydrogens (tertiary/aromatic N) is 3. The molecule has 132 valence electrons. The van der Waals surface area contributed by atoms with E-state index >= 15 is 0 Å². The molecule has 0 aliphatic carbocycles. The first-order valence-corrected chi connectivity index (χ1v) is 8.59. The Hall–Kier alpha value is -2.47. The fraction of sp³-hybridized carbons (Fsp3) is 0.421. The molecule has 1 aliphatic rings. The van der Waals surface area contributed by atoms with E-state index in [0.717, 1.165) is 17.9 Å². The summed E-state index contributed by atoms with van der Waals surface area (Å²) in [6.45, 7) is 2.93. The average molecular weight is 341 g/mol. The fourth-order valence-corrected chi connectivity index (χ4v) is 2.90. The molecule has 2 heterocycles. The van der Waals surface area contributed by atoms with Crippen molar-refractivity contribution in [2.75, 3.05) is 32.9 Å². The number of amides is 1. The van der Waals surface area contributed by atoms with Crippen LogP contribution >= 0.6 is 0 Å². The molecule has 25 heavy (non-hydrogen) atoms. The van der Waals surface area contributed by atoms with Crippen LogP contribution in [-0.4, -0.2) is 53.7 Å². The predicted molar refractivity (Wildman–Crippen MR) is 93.2 cm³/mol. The van der Waals surface area contributed by atoms with Gasteiger partial charge in [0.25, 0.3) is 0 Å². The summed E-state index contributed by atoms with van der Waals surface area (Å²) in [6, 6.07) is 11.5. The minimum absolute atomic E-state index is 0.106. The molecule has 1 aliphatic heterocycles. The van der Waals surface area contributed by atoms with Crippen molar-refractivity contribution in [3.05, 3.63) is 54.6 Å². The van der Waals surface area contributed by atoms with Gasteiger partial charge in [-0.2, -0.15) is 0 Å². The van der Waals surface area contributed by atoms with Crippen LogP contribution in [-0.2, 0) is 16.0 Å². The number of carbonyl (C=O) groups excluding carboxylic acids is 1. The minimum Gasteiger partial charge on any atom is -0.493 e. The zero-order valence-corrected chi connectivity index (χ0v) is 14.2. The Morgan fingerprint density at radius 1 is 1.28 bits per heavy atom. The Bertz CT molecular complexity index is 651. The van der Waals surface area contributed by atoms with Gasteiger partial charge in [0.15, 0.2) is 0 Å². The molecule has 1 unspecified atom stereocenters. The molecule has 3 rings (SSSR count). The predicted octanol–water partition coefficient (Wildman–Crippen LogP) is 1.96. The largest absolute Gasteiger partial charge is 0.493 e. The zero-order chi connectivity index (χ0) is 17.3. The molecule has 6 heteroatoms. The van der Waals surface area contributed by atoms with Crippen molar-refractivity contribution < 1.29 is 14.3 Å². The third-order valence-corrected chi connectivity index (χ3v) is 4.16. The molecule has 1 aromatic carbocycles. The molecule has 0 N–H and O–H groups in total. The first kappa shape index (κ1) is 17.4. The Kier molecular flexibility index (Phi) is 6.34. The van der Waals surface area contributed by atoms with Crippen LogP contribution in [0.5, 0.6) is 5.75 Å². The maximum absolute atomic E-state index is 12.5. The Morgan fingerprint density at radius 2 is 2.16 bits per heavy atom. The van der Waals surface area contributed by atoms with Crippen LogP contribution < -0.4 is 4.74 Å². The van der Waals surface area contributed by atoms with Crippen molar-refractivity contribution in [1.82, 2.24) is 14.9 Å². The summed E-state index contributed by atoms with van der Waals surface area (Å²) >= 11 is 0. The molecule has 0 spiro atoms. The van der Waals surface area contributed by atoms with Crippen molar-refractivity contribution >= 4 is 5.91 Å².